The molecule has 0 amide bonds. The Labute approximate surface area is 35.6 Å². The first-order valence-corrected chi connectivity index (χ1v) is 1.75. The molecule has 2 radical (unpaired) electrons. The highest BCUT2D eigenvalue weighted by molar-refractivity contribution is 4.60. The Morgan fingerprint density at radius 2 is 1.80 bits per heavy atom. The minimum Gasteiger partial charge on any atom is -0.0599 e. The molecule has 0 unspecified atom stereocenters. The normalized spacial score (nSPS) is 14.6. The van der Waals surface area contributed by atoms with Crippen molar-refractivity contribution in [1.82, 2.24) is 0 Å². The number of hydrogen-bond donors (Lipinski definition) is 0. The molecule has 0 rings (SSSR count). The molecular weight excluding hydrogens is 60.1 g/mol. The van der Waals surface area contributed by atoms with E-state index in [1.54, 1.807) is 0 Å². The lowest BCUT2D eigenvalue weighted by molar-refractivity contribution is 0.539. The molecule has 0 aliphatic carbocycles. The molecule has 0 aromatic rings. The van der Waals surface area contributed by atoms with Crippen molar-refractivity contribution in [2.75, 3.05) is 0 Å². The zero-order chi connectivity index (χ0) is 5.21. The molecule has 0 N–H and O–H groups in total. The van der Waals surface area contributed by atoms with Crippen LogP contribution in [0.3, 0.4) is 0 Å². The fraction of sp³-hybridized carbons (Fsp3) is 0.800. The van der Waals surface area contributed by atoms with Crippen LogP contribution in [0.1, 0.15) is 22.1 Å². The Kier molecular flexibility index (Phi) is 0.640. The molecule has 0 bridgehead atoms. The zero-order valence-electron chi connectivity index (χ0n) is 5.00. The Balaban J connectivity index is 3.17. The molecule has 0 fully saturated rings. The topological polar surface area (TPSA) is 0 Å². The lowest BCUT2D eigenvalue weighted by Crippen LogP contribution is -1.94. The van der Waals surface area contributed by atoms with Crippen molar-refractivity contribution in [2.45, 2.75) is 20.8 Å². The average Bonchev–Trinajstić information content (AvgIpc) is 1.35. The highest BCUT2D eigenvalue weighted by Gasteiger charge is 1.96. The summed E-state index contributed by atoms with van der Waals surface area (Å²) in [5.74, 6) is 0. The molecule has 0 aliphatic heterocycles. The fourth-order valence-electron chi connectivity index (χ4n) is 0. The predicted octanol–water partition coefficient (Wildman–Crippen LogP) is 1.74. The SMILES string of the molecule is [2H][C]C(C)(C)C. The van der Waals surface area contributed by atoms with E-state index in [9.17, 15) is 0 Å². The van der Waals surface area contributed by atoms with E-state index in [2.05, 4.69) is 6.90 Å². The summed E-state index contributed by atoms with van der Waals surface area (Å²) in [6.45, 7) is 8.19. The molecule has 0 heterocycles. The third-order valence-electron chi connectivity index (χ3n) is 0. The van der Waals surface area contributed by atoms with Gasteiger partial charge in [0.15, 0.2) is 0 Å². The molecule has 5 heavy (non-hydrogen) atoms. The second-order valence-corrected chi connectivity index (χ2v) is 2.25. The molecule has 0 atom stereocenters. The van der Waals surface area contributed by atoms with Crippen LogP contribution in [0.2, 0.25) is 0 Å². The minimum absolute atomic E-state index is 0.0417. The molecule has 0 aromatic heterocycles. The molecule has 0 spiro atoms. The van der Waals surface area contributed by atoms with E-state index in [-0.39, 0.29) is 5.41 Å². The standard InChI is InChI=1S/C5H10/c1-5(2,3)4/h1H,2-4H3/i1D. The zero-order valence-corrected chi connectivity index (χ0v) is 4.00. The van der Waals surface area contributed by atoms with Crippen molar-refractivity contribution >= 4 is 0 Å². The van der Waals surface area contributed by atoms with E-state index in [4.69, 9.17) is 1.37 Å². The van der Waals surface area contributed by atoms with Gasteiger partial charge in [0.25, 0.3) is 0 Å². The number of hydrogen-bond acceptors (Lipinski definition) is 0. The van der Waals surface area contributed by atoms with Crippen LogP contribution in [0, 0.1) is 12.3 Å². The summed E-state index contributed by atoms with van der Waals surface area (Å²) < 4.78 is 6.60. The maximum Gasteiger partial charge on any atom is 0.0314 e. The van der Waals surface area contributed by atoms with Crippen molar-refractivity contribution in [3.63, 3.8) is 0 Å². The third kappa shape index (κ3) is 0. The minimum atomic E-state index is -0.0417. The molecule has 0 aliphatic rings. The van der Waals surface area contributed by atoms with Gasteiger partial charge in [-0.3, -0.25) is 0 Å². The summed E-state index contributed by atoms with van der Waals surface area (Å²) in [4.78, 5) is 0. The first-order chi connectivity index (χ1) is 2.56. The Hall–Kier alpha value is 0. The smallest absolute Gasteiger partial charge is 0.0314 e. The van der Waals surface area contributed by atoms with E-state index >= 15 is 0 Å². The van der Waals surface area contributed by atoms with Gasteiger partial charge in [-0.25, -0.2) is 0 Å². The van der Waals surface area contributed by atoms with E-state index < -0.39 is 0 Å². The second kappa shape index (κ2) is 1.00. The highest BCUT2D eigenvalue weighted by Crippen LogP contribution is 2.07. The van der Waals surface area contributed by atoms with E-state index in [0.717, 1.165) is 0 Å². The summed E-state index contributed by atoms with van der Waals surface area (Å²) in [5.41, 5.74) is -0.0417. The molecular formula is C5H10. The number of rotatable bonds is 0. The van der Waals surface area contributed by atoms with E-state index in [1.165, 1.54) is 0 Å². The molecule has 0 nitrogen and oxygen atoms in total. The van der Waals surface area contributed by atoms with Gasteiger partial charge in [0.1, 0.15) is 0 Å². The van der Waals surface area contributed by atoms with Crippen LogP contribution in [-0.2, 0) is 0 Å². The first-order valence-electron chi connectivity index (χ1n) is 2.25. The van der Waals surface area contributed by atoms with Crippen LogP contribution in [0.15, 0.2) is 0 Å². The van der Waals surface area contributed by atoms with Crippen LogP contribution >= 0.6 is 0 Å². The largest absolute Gasteiger partial charge is 0.0599 e. The lowest BCUT2D eigenvalue weighted by atomic mass is 10.0. The van der Waals surface area contributed by atoms with Crippen LogP contribution in [0.5, 0.6) is 0 Å². The third-order valence-corrected chi connectivity index (χ3v) is 0. The van der Waals surface area contributed by atoms with Gasteiger partial charge in [-0.05, 0) is 12.3 Å². The van der Waals surface area contributed by atoms with Gasteiger partial charge in [0.2, 0.25) is 0 Å². The Morgan fingerprint density at radius 1 is 1.60 bits per heavy atom. The van der Waals surface area contributed by atoms with Crippen LogP contribution < -0.4 is 0 Å². The summed E-state index contributed by atoms with van der Waals surface area (Å²) >= 11 is 0. The van der Waals surface area contributed by atoms with Gasteiger partial charge in [0.05, 0.1) is 0 Å². The first kappa shape index (κ1) is 3.20. The van der Waals surface area contributed by atoms with E-state index in [0.29, 0.717) is 0 Å². The van der Waals surface area contributed by atoms with E-state index in [1.807, 2.05) is 20.8 Å². The summed E-state index contributed by atoms with van der Waals surface area (Å²) in [7, 11) is 0. The Morgan fingerprint density at radius 3 is 1.80 bits per heavy atom. The molecule has 0 saturated carbocycles. The van der Waals surface area contributed by atoms with Gasteiger partial charge in [-0.2, -0.15) is 0 Å². The predicted molar refractivity (Wildman–Crippen MR) is 23.8 cm³/mol. The molecule has 0 aromatic carbocycles. The van der Waals surface area contributed by atoms with Crippen molar-refractivity contribution < 1.29 is 1.37 Å². The molecule has 0 heteroatoms. The Bertz CT molecular complexity index is 33.7. The van der Waals surface area contributed by atoms with Crippen molar-refractivity contribution in [1.29, 1.82) is 0 Å². The van der Waals surface area contributed by atoms with Crippen LogP contribution in [0.4, 0.5) is 0 Å². The second-order valence-electron chi connectivity index (χ2n) is 2.25. The van der Waals surface area contributed by atoms with Gasteiger partial charge >= 0.3 is 0 Å². The summed E-state index contributed by atoms with van der Waals surface area (Å²) in [5, 5.41) is 0. The van der Waals surface area contributed by atoms with Crippen LogP contribution in [-0.4, -0.2) is 0 Å². The fourth-order valence-corrected chi connectivity index (χ4v) is 0. The average molecular weight is 71.1 g/mol. The van der Waals surface area contributed by atoms with Crippen molar-refractivity contribution in [3.05, 3.63) is 6.90 Å². The molecule has 0 saturated heterocycles. The van der Waals surface area contributed by atoms with Crippen molar-refractivity contribution in [2.24, 2.45) is 5.41 Å². The van der Waals surface area contributed by atoms with Gasteiger partial charge in [0, 0.05) is 1.37 Å². The monoisotopic (exact) mass is 71.1 g/mol. The summed E-state index contributed by atoms with van der Waals surface area (Å²) in [6.07, 6.45) is 0. The van der Waals surface area contributed by atoms with Gasteiger partial charge in [-0.1, -0.05) is 20.8 Å². The molecule has 30 valence electrons. The van der Waals surface area contributed by atoms with Crippen molar-refractivity contribution in [3.8, 4) is 0 Å². The lowest BCUT2D eigenvalue weighted by Gasteiger charge is -2.04. The maximum atomic E-state index is 6.60. The quantitative estimate of drug-likeness (QED) is 0.408. The maximum absolute atomic E-state index is 6.60. The van der Waals surface area contributed by atoms with Gasteiger partial charge in [-0.15, -0.1) is 0 Å². The van der Waals surface area contributed by atoms with Gasteiger partial charge < -0.3 is 0 Å². The van der Waals surface area contributed by atoms with Crippen LogP contribution in [0.25, 0.3) is 0 Å². The highest BCUT2D eigenvalue weighted by atomic mass is 14.0. The summed E-state index contributed by atoms with van der Waals surface area (Å²) in [6, 6.07) is 0.